The van der Waals surface area contributed by atoms with Gasteiger partial charge in [-0.3, -0.25) is 4.79 Å². The van der Waals surface area contributed by atoms with Crippen molar-refractivity contribution in [3.05, 3.63) is 23.8 Å². The number of hydrogen-bond acceptors (Lipinski definition) is 4. The molecule has 1 aromatic rings. The fraction of sp³-hybridized carbons (Fsp3) is 0.611. The zero-order valence-corrected chi connectivity index (χ0v) is 15.2. The predicted molar refractivity (Wildman–Crippen MR) is 96.2 cm³/mol. The van der Waals surface area contributed by atoms with Crippen LogP contribution in [0, 0.1) is 11.8 Å². The molecular formula is C18H27ClN2O3. The highest BCUT2D eigenvalue weighted by Gasteiger charge is 2.31. The van der Waals surface area contributed by atoms with Gasteiger partial charge >= 0.3 is 0 Å². The summed E-state index contributed by atoms with van der Waals surface area (Å²) in [6, 6.07) is 5.81. The Morgan fingerprint density at radius 1 is 1.38 bits per heavy atom. The number of nitrogens with one attached hydrogen (secondary N) is 1. The Labute approximate surface area is 150 Å². The van der Waals surface area contributed by atoms with Crippen LogP contribution in [0.1, 0.15) is 18.4 Å². The van der Waals surface area contributed by atoms with Crippen LogP contribution in [0.3, 0.4) is 0 Å². The normalized spacial score (nSPS) is 20.6. The van der Waals surface area contributed by atoms with Crippen LogP contribution in [0.2, 0.25) is 0 Å². The summed E-state index contributed by atoms with van der Waals surface area (Å²) in [6.45, 7) is 3.26. The molecule has 1 amide bonds. The molecule has 2 aliphatic rings. The number of likely N-dealkylation sites (tertiary alicyclic amines) is 1. The number of carbonyl (C=O) groups is 1. The zero-order valence-electron chi connectivity index (χ0n) is 14.4. The molecule has 134 valence electrons. The lowest BCUT2D eigenvalue weighted by Gasteiger charge is -2.35. The summed E-state index contributed by atoms with van der Waals surface area (Å²) in [5.41, 5.74) is 1.07. The average molecular weight is 355 g/mol. The van der Waals surface area contributed by atoms with Crippen LogP contribution >= 0.6 is 12.4 Å². The lowest BCUT2D eigenvalue weighted by atomic mass is 9.92. The number of benzene rings is 1. The number of fused-ring (bicyclic) bond motifs is 1. The number of nitrogens with zero attached hydrogens (tertiary/aromatic N) is 1. The Balaban J connectivity index is 0.00000208. The second kappa shape index (κ2) is 8.58. The molecule has 24 heavy (non-hydrogen) atoms. The number of hydrogen-bond donors (Lipinski definition) is 1. The summed E-state index contributed by atoms with van der Waals surface area (Å²) >= 11 is 0. The van der Waals surface area contributed by atoms with E-state index in [9.17, 15) is 4.79 Å². The molecule has 1 aromatic carbocycles. The van der Waals surface area contributed by atoms with Crippen LogP contribution in [0.15, 0.2) is 18.2 Å². The Morgan fingerprint density at radius 3 is 2.79 bits per heavy atom. The van der Waals surface area contributed by atoms with Crippen molar-refractivity contribution in [3.63, 3.8) is 0 Å². The molecule has 0 saturated carbocycles. The summed E-state index contributed by atoms with van der Waals surface area (Å²) in [7, 11) is 3.64. The zero-order chi connectivity index (χ0) is 16.2. The molecule has 2 heterocycles. The standard InChI is InChI=1S/C18H26N2O3.ClH/c1-19-11-13-5-7-20(8-6-13)18(21)15-9-14-10-16(22-2)3-4-17(14)23-12-15;/h3-4,10,13,15,19H,5-9,11-12H2,1-2H3;1H. The van der Waals surface area contributed by atoms with E-state index in [1.54, 1.807) is 7.11 Å². The van der Waals surface area contributed by atoms with E-state index in [4.69, 9.17) is 9.47 Å². The Kier molecular flexibility index (Phi) is 6.75. The Bertz CT molecular complexity index is 559. The molecule has 1 N–H and O–H groups in total. The first-order chi connectivity index (χ1) is 11.2. The molecule has 5 nitrogen and oxygen atoms in total. The van der Waals surface area contributed by atoms with Crippen LogP contribution in [0.25, 0.3) is 0 Å². The maximum atomic E-state index is 12.8. The topological polar surface area (TPSA) is 50.8 Å². The van der Waals surface area contributed by atoms with Gasteiger partial charge in [-0.05, 0) is 62.5 Å². The van der Waals surface area contributed by atoms with Crippen LogP contribution in [-0.2, 0) is 11.2 Å². The molecule has 0 radical (unpaired) electrons. The van der Waals surface area contributed by atoms with E-state index in [1.165, 1.54) is 0 Å². The van der Waals surface area contributed by atoms with Crippen LogP contribution in [-0.4, -0.2) is 51.2 Å². The largest absolute Gasteiger partial charge is 0.497 e. The van der Waals surface area contributed by atoms with Gasteiger partial charge in [0.05, 0.1) is 13.0 Å². The first-order valence-electron chi connectivity index (χ1n) is 8.44. The number of rotatable bonds is 4. The summed E-state index contributed by atoms with van der Waals surface area (Å²) in [6.07, 6.45) is 2.91. The van der Waals surface area contributed by atoms with Gasteiger partial charge in [0.25, 0.3) is 0 Å². The van der Waals surface area contributed by atoms with E-state index in [1.807, 2.05) is 30.1 Å². The van der Waals surface area contributed by atoms with Gasteiger partial charge in [-0.25, -0.2) is 0 Å². The van der Waals surface area contributed by atoms with Crippen molar-refractivity contribution in [2.45, 2.75) is 19.3 Å². The number of methoxy groups -OCH3 is 1. The van der Waals surface area contributed by atoms with Crippen LogP contribution in [0.5, 0.6) is 11.5 Å². The van der Waals surface area contributed by atoms with Gasteiger partial charge < -0.3 is 19.7 Å². The third-order valence-corrected chi connectivity index (χ3v) is 4.94. The van der Waals surface area contributed by atoms with Crippen molar-refractivity contribution >= 4 is 18.3 Å². The highest BCUT2D eigenvalue weighted by molar-refractivity contribution is 5.85. The Morgan fingerprint density at radius 2 is 2.12 bits per heavy atom. The van der Waals surface area contributed by atoms with E-state index in [-0.39, 0.29) is 24.2 Å². The van der Waals surface area contributed by atoms with Gasteiger partial charge in [-0.2, -0.15) is 0 Å². The number of amides is 1. The molecule has 0 spiro atoms. The monoisotopic (exact) mass is 354 g/mol. The summed E-state index contributed by atoms with van der Waals surface area (Å²) < 4.78 is 11.1. The molecule has 3 rings (SSSR count). The van der Waals surface area contributed by atoms with Gasteiger partial charge in [0.1, 0.15) is 18.1 Å². The van der Waals surface area contributed by atoms with Crippen molar-refractivity contribution in [3.8, 4) is 11.5 Å². The van der Waals surface area contributed by atoms with Gasteiger partial charge in [-0.15, -0.1) is 12.4 Å². The predicted octanol–water partition coefficient (Wildman–Crippen LogP) is 2.13. The smallest absolute Gasteiger partial charge is 0.229 e. The molecule has 0 aromatic heterocycles. The molecular weight excluding hydrogens is 328 g/mol. The summed E-state index contributed by atoms with van der Waals surface area (Å²) in [5.74, 6) is 2.55. The number of ether oxygens (including phenoxy) is 2. The molecule has 1 atom stereocenters. The quantitative estimate of drug-likeness (QED) is 0.900. The van der Waals surface area contributed by atoms with E-state index in [0.29, 0.717) is 12.5 Å². The second-order valence-electron chi connectivity index (χ2n) is 6.51. The highest BCUT2D eigenvalue weighted by atomic mass is 35.5. The molecule has 1 unspecified atom stereocenters. The minimum Gasteiger partial charge on any atom is -0.497 e. The fourth-order valence-electron chi connectivity index (χ4n) is 3.56. The third-order valence-electron chi connectivity index (χ3n) is 4.94. The third kappa shape index (κ3) is 4.14. The number of halogens is 1. The maximum Gasteiger partial charge on any atom is 0.229 e. The minimum atomic E-state index is -0.0737. The van der Waals surface area contributed by atoms with Crippen molar-refractivity contribution in [1.82, 2.24) is 10.2 Å². The molecule has 1 fully saturated rings. The van der Waals surface area contributed by atoms with E-state index >= 15 is 0 Å². The van der Waals surface area contributed by atoms with Gasteiger partial charge in [-0.1, -0.05) is 0 Å². The lowest BCUT2D eigenvalue weighted by Crippen LogP contribution is -2.45. The fourth-order valence-corrected chi connectivity index (χ4v) is 3.56. The number of piperidine rings is 1. The van der Waals surface area contributed by atoms with Gasteiger partial charge in [0.15, 0.2) is 0 Å². The molecule has 0 bridgehead atoms. The Hall–Kier alpha value is -1.46. The molecule has 6 heteroatoms. The first-order valence-corrected chi connectivity index (χ1v) is 8.44. The second-order valence-corrected chi connectivity index (χ2v) is 6.51. The van der Waals surface area contributed by atoms with Crippen LogP contribution < -0.4 is 14.8 Å². The summed E-state index contributed by atoms with van der Waals surface area (Å²) in [5, 5.41) is 3.23. The highest BCUT2D eigenvalue weighted by Crippen LogP contribution is 2.31. The summed E-state index contributed by atoms with van der Waals surface area (Å²) in [4.78, 5) is 14.8. The van der Waals surface area contributed by atoms with Gasteiger partial charge in [0, 0.05) is 13.1 Å². The molecule has 1 saturated heterocycles. The van der Waals surface area contributed by atoms with Crippen molar-refractivity contribution in [2.75, 3.05) is 40.4 Å². The number of carbonyl (C=O) groups excluding carboxylic acids is 1. The van der Waals surface area contributed by atoms with E-state index in [0.717, 1.165) is 56.0 Å². The van der Waals surface area contributed by atoms with E-state index in [2.05, 4.69) is 5.32 Å². The molecule has 0 aliphatic carbocycles. The lowest BCUT2D eigenvalue weighted by molar-refractivity contribution is -0.138. The average Bonchev–Trinajstić information content (AvgIpc) is 2.61. The van der Waals surface area contributed by atoms with Gasteiger partial charge in [0.2, 0.25) is 5.91 Å². The first kappa shape index (κ1) is 18.9. The van der Waals surface area contributed by atoms with Crippen molar-refractivity contribution in [2.24, 2.45) is 11.8 Å². The maximum absolute atomic E-state index is 12.8. The van der Waals surface area contributed by atoms with Crippen molar-refractivity contribution < 1.29 is 14.3 Å². The SMILES string of the molecule is CNCC1CCN(C(=O)C2COc3ccc(OC)cc3C2)CC1.Cl. The minimum absolute atomic E-state index is 0. The van der Waals surface area contributed by atoms with Crippen molar-refractivity contribution in [1.29, 1.82) is 0 Å². The molecule has 2 aliphatic heterocycles. The van der Waals surface area contributed by atoms with Crippen LogP contribution in [0.4, 0.5) is 0 Å². The van der Waals surface area contributed by atoms with E-state index < -0.39 is 0 Å².